The average molecular weight is 381 g/mol. The zero-order valence-electron chi connectivity index (χ0n) is 17.7. The van der Waals surface area contributed by atoms with Crippen molar-refractivity contribution in [2.45, 2.75) is 92.3 Å². The van der Waals surface area contributed by atoms with Gasteiger partial charge in [0.2, 0.25) is 0 Å². The molecular weight excluding hydrogens is 344 g/mol. The number of hydrogen-bond donors (Lipinski definition) is 2. The van der Waals surface area contributed by atoms with Gasteiger partial charge in [-0.3, -0.25) is 9.59 Å². The molecule has 2 rings (SSSR count). The van der Waals surface area contributed by atoms with Crippen LogP contribution in [0.3, 0.4) is 0 Å². The van der Waals surface area contributed by atoms with Gasteiger partial charge in [0.1, 0.15) is 12.2 Å². The Morgan fingerprint density at radius 1 is 1.26 bits per heavy atom. The molecule has 5 nitrogen and oxygen atoms in total. The molecule has 0 aromatic rings. The number of ether oxygens (including phenoxy) is 1. The van der Waals surface area contributed by atoms with Crippen molar-refractivity contribution in [3.05, 3.63) is 11.1 Å². The number of aliphatic carboxylic acids is 1. The Bertz CT molecular complexity index is 620. The van der Waals surface area contributed by atoms with Crippen LogP contribution in [0.5, 0.6) is 0 Å². The molecule has 0 aliphatic heterocycles. The first-order valence-corrected chi connectivity index (χ1v) is 10.2. The molecule has 1 saturated carbocycles. The molecule has 0 radical (unpaired) electrons. The lowest BCUT2D eigenvalue weighted by Crippen LogP contribution is -2.57. The second-order valence-corrected chi connectivity index (χ2v) is 9.66. The molecule has 0 spiro atoms. The van der Waals surface area contributed by atoms with E-state index in [2.05, 4.69) is 20.8 Å². The molecule has 154 valence electrons. The predicted octanol–water partition coefficient (Wildman–Crippen LogP) is 4.33. The lowest BCUT2D eigenvalue weighted by Gasteiger charge is -2.58. The van der Waals surface area contributed by atoms with E-state index in [-0.39, 0.29) is 35.1 Å². The number of hydrogen-bond acceptors (Lipinski definition) is 4. The molecule has 0 heterocycles. The maximum Gasteiger partial charge on any atom is 0.303 e. The SMILES string of the molecule is CC(=O)O[C@@H]1[C@H](O)C(C)=C(CC[C@H](C)CC(=O)O)[C@]2(C)CCCC(C)(C)[C@@H]12. The normalized spacial score (nSPS) is 34.0. The van der Waals surface area contributed by atoms with Crippen molar-refractivity contribution in [1.29, 1.82) is 0 Å². The summed E-state index contributed by atoms with van der Waals surface area (Å²) in [6, 6.07) is 0. The second-order valence-electron chi connectivity index (χ2n) is 9.66. The Labute approximate surface area is 163 Å². The number of rotatable bonds is 6. The van der Waals surface area contributed by atoms with Crippen LogP contribution in [0.1, 0.15) is 80.1 Å². The first kappa shape index (κ1) is 21.9. The van der Waals surface area contributed by atoms with E-state index in [1.807, 2.05) is 13.8 Å². The Morgan fingerprint density at radius 2 is 1.89 bits per heavy atom. The number of esters is 1. The fourth-order valence-corrected chi connectivity index (χ4v) is 5.89. The van der Waals surface area contributed by atoms with E-state index >= 15 is 0 Å². The number of carbonyl (C=O) groups excluding carboxylic acids is 1. The molecule has 0 aromatic heterocycles. The molecule has 5 heteroatoms. The van der Waals surface area contributed by atoms with E-state index in [1.165, 1.54) is 12.5 Å². The number of aliphatic hydroxyl groups is 1. The molecule has 0 aromatic carbocycles. The highest BCUT2D eigenvalue weighted by atomic mass is 16.6. The monoisotopic (exact) mass is 380 g/mol. The molecule has 0 saturated heterocycles. The Morgan fingerprint density at radius 3 is 2.44 bits per heavy atom. The van der Waals surface area contributed by atoms with Crippen molar-refractivity contribution in [2.24, 2.45) is 22.7 Å². The molecule has 0 amide bonds. The van der Waals surface area contributed by atoms with Gasteiger partial charge in [-0.2, -0.15) is 0 Å². The largest absolute Gasteiger partial charge is 0.481 e. The first-order chi connectivity index (χ1) is 12.4. The van der Waals surface area contributed by atoms with Gasteiger partial charge in [-0.15, -0.1) is 0 Å². The molecule has 0 bridgehead atoms. The van der Waals surface area contributed by atoms with Crippen LogP contribution in [-0.4, -0.2) is 34.4 Å². The van der Waals surface area contributed by atoms with Crippen molar-refractivity contribution in [1.82, 2.24) is 0 Å². The Kier molecular flexibility index (Phi) is 6.45. The van der Waals surface area contributed by atoms with Gasteiger partial charge in [-0.1, -0.05) is 39.7 Å². The minimum absolute atomic E-state index is 0.0473. The van der Waals surface area contributed by atoms with Gasteiger partial charge in [0, 0.05) is 19.3 Å². The fraction of sp³-hybridized carbons (Fsp3) is 0.818. The predicted molar refractivity (Wildman–Crippen MR) is 104 cm³/mol. The summed E-state index contributed by atoms with van der Waals surface area (Å²) in [5.41, 5.74) is 1.95. The molecule has 0 unspecified atom stereocenters. The van der Waals surface area contributed by atoms with Crippen LogP contribution in [0.15, 0.2) is 11.1 Å². The van der Waals surface area contributed by atoms with Crippen molar-refractivity contribution >= 4 is 11.9 Å². The van der Waals surface area contributed by atoms with Gasteiger partial charge in [0.15, 0.2) is 0 Å². The Balaban J connectivity index is 2.41. The van der Waals surface area contributed by atoms with Crippen molar-refractivity contribution in [3.8, 4) is 0 Å². The van der Waals surface area contributed by atoms with E-state index in [9.17, 15) is 14.7 Å². The molecule has 27 heavy (non-hydrogen) atoms. The van der Waals surface area contributed by atoms with E-state index in [0.717, 1.165) is 37.7 Å². The molecule has 1 fully saturated rings. The zero-order valence-corrected chi connectivity index (χ0v) is 17.7. The third-order valence-electron chi connectivity index (χ3n) is 7.01. The minimum Gasteiger partial charge on any atom is -0.481 e. The highest BCUT2D eigenvalue weighted by Gasteiger charge is 2.57. The summed E-state index contributed by atoms with van der Waals surface area (Å²) < 4.78 is 5.67. The van der Waals surface area contributed by atoms with Crippen LogP contribution in [0.25, 0.3) is 0 Å². The number of aliphatic hydroxyl groups excluding tert-OH is 1. The smallest absolute Gasteiger partial charge is 0.303 e. The van der Waals surface area contributed by atoms with Crippen molar-refractivity contribution < 1.29 is 24.5 Å². The van der Waals surface area contributed by atoms with Gasteiger partial charge in [0.05, 0.1) is 0 Å². The van der Waals surface area contributed by atoms with Crippen molar-refractivity contribution in [3.63, 3.8) is 0 Å². The number of carboxylic acid groups (broad SMARTS) is 1. The number of carboxylic acids is 1. The van der Waals surface area contributed by atoms with Gasteiger partial charge in [-0.25, -0.2) is 0 Å². The average Bonchev–Trinajstić information content (AvgIpc) is 2.49. The summed E-state index contributed by atoms with van der Waals surface area (Å²) in [6.07, 6.45) is 3.56. The summed E-state index contributed by atoms with van der Waals surface area (Å²) in [4.78, 5) is 22.7. The number of fused-ring (bicyclic) bond motifs is 1. The molecule has 2 N–H and O–H groups in total. The summed E-state index contributed by atoms with van der Waals surface area (Å²) in [7, 11) is 0. The highest BCUT2D eigenvalue weighted by molar-refractivity contribution is 5.67. The summed E-state index contributed by atoms with van der Waals surface area (Å²) in [5, 5.41) is 20.1. The van der Waals surface area contributed by atoms with E-state index in [1.54, 1.807) is 0 Å². The van der Waals surface area contributed by atoms with E-state index in [4.69, 9.17) is 9.84 Å². The van der Waals surface area contributed by atoms with Crippen LogP contribution in [0.2, 0.25) is 0 Å². The molecule has 5 atom stereocenters. The van der Waals surface area contributed by atoms with Gasteiger partial charge in [0.25, 0.3) is 0 Å². The highest BCUT2D eigenvalue weighted by Crippen LogP contribution is 2.61. The van der Waals surface area contributed by atoms with Crippen LogP contribution in [0.4, 0.5) is 0 Å². The lowest BCUT2D eigenvalue weighted by molar-refractivity contribution is -0.173. The molecular formula is C22H36O5. The Hall–Kier alpha value is -1.36. The molecule has 2 aliphatic rings. The van der Waals surface area contributed by atoms with Crippen LogP contribution in [0, 0.1) is 22.7 Å². The van der Waals surface area contributed by atoms with Crippen LogP contribution in [-0.2, 0) is 14.3 Å². The minimum atomic E-state index is -0.797. The van der Waals surface area contributed by atoms with Gasteiger partial charge < -0.3 is 14.9 Å². The van der Waals surface area contributed by atoms with Crippen LogP contribution >= 0.6 is 0 Å². The van der Waals surface area contributed by atoms with E-state index in [0.29, 0.717) is 0 Å². The number of allylic oxidation sites excluding steroid dienone is 1. The van der Waals surface area contributed by atoms with Gasteiger partial charge >= 0.3 is 11.9 Å². The number of carbonyl (C=O) groups is 2. The third kappa shape index (κ3) is 4.39. The summed E-state index contributed by atoms with van der Waals surface area (Å²) in [6.45, 7) is 12.0. The maximum atomic E-state index is 11.7. The van der Waals surface area contributed by atoms with Gasteiger partial charge in [-0.05, 0) is 54.9 Å². The standard InChI is InChI=1S/C22H36O5/c1-13(12-17(24)25)8-9-16-14(2)18(26)19(27-15(3)23)20-21(4,5)10-7-11-22(16,20)6/h13,18-20,26H,7-12H2,1-6H3,(H,24,25)/t13-,18+,19+,20+,22-/m0/s1. The summed E-state index contributed by atoms with van der Waals surface area (Å²) in [5.74, 6) is -0.986. The lowest BCUT2D eigenvalue weighted by atomic mass is 9.48. The third-order valence-corrected chi connectivity index (χ3v) is 7.01. The topological polar surface area (TPSA) is 83.8 Å². The van der Waals surface area contributed by atoms with Crippen molar-refractivity contribution in [2.75, 3.05) is 0 Å². The first-order valence-electron chi connectivity index (χ1n) is 10.2. The fourth-order valence-electron chi connectivity index (χ4n) is 5.89. The van der Waals surface area contributed by atoms with Crippen LogP contribution < -0.4 is 0 Å². The zero-order chi connectivity index (χ0) is 20.6. The molecule has 2 aliphatic carbocycles. The quantitative estimate of drug-likeness (QED) is 0.529. The second kappa shape index (κ2) is 7.94. The summed E-state index contributed by atoms with van der Waals surface area (Å²) >= 11 is 0. The maximum absolute atomic E-state index is 11.7. The van der Waals surface area contributed by atoms with E-state index < -0.39 is 18.2 Å².